The SMILES string of the molecule is Cc1nn(Cc2ccc(F)cc2)c2sc(C(=O)Nc3cc(C(N)=O)ccc3N3CCCC3)cc12. The van der Waals surface area contributed by atoms with Crippen molar-refractivity contribution in [2.24, 2.45) is 5.73 Å². The molecule has 2 aromatic heterocycles. The van der Waals surface area contributed by atoms with Crippen LogP contribution in [-0.4, -0.2) is 34.7 Å². The van der Waals surface area contributed by atoms with E-state index in [4.69, 9.17) is 5.73 Å². The predicted octanol–water partition coefficient (Wildman–Crippen LogP) is 4.55. The van der Waals surface area contributed by atoms with Gasteiger partial charge < -0.3 is 16.0 Å². The van der Waals surface area contributed by atoms with Crippen molar-refractivity contribution in [3.8, 4) is 0 Å². The third kappa shape index (κ3) is 4.26. The van der Waals surface area contributed by atoms with E-state index in [9.17, 15) is 14.0 Å². The lowest BCUT2D eigenvalue weighted by molar-refractivity contribution is 0.0996. The number of nitrogens with two attached hydrogens (primary N) is 1. The maximum absolute atomic E-state index is 13.3. The van der Waals surface area contributed by atoms with E-state index in [1.54, 1.807) is 24.3 Å². The summed E-state index contributed by atoms with van der Waals surface area (Å²) in [5, 5.41) is 8.49. The average molecular weight is 478 g/mol. The van der Waals surface area contributed by atoms with Crippen LogP contribution in [0.5, 0.6) is 0 Å². The highest BCUT2D eigenvalue weighted by Crippen LogP contribution is 2.33. The van der Waals surface area contributed by atoms with Gasteiger partial charge in [0.2, 0.25) is 5.91 Å². The van der Waals surface area contributed by atoms with Gasteiger partial charge in [0, 0.05) is 24.0 Å². The number of nitrogens with zero attached hydrogens (tertiary/aromatic N) is 3. The van der Waals surface area contributed by atoms with E-state index in [0.29, 0.717) is 22.7 Å². The first-order valence-corrected chi connectivity index (χ1v) is 11.9. The molecule has 0 radical (unpaired) electrons. The number of hydrogen-bond donors (Lipinski definition) is 2. The number of carbonyl (C=O) groups is 2. The number of rotatable bonds is 6. The Kier molecular flexibility index (Phi) is 5.79. The summed E-state index contributed by atoms with van der Waals surface area (Å²) in [6.45, 7) is 4.19. The number of primary amides is 1. The Morgan fingerprint density at radius 3 is 2.56 bits per heavy atom. The highest BCUT2D eigenvalue weighted by molar-refractivity contribution is 7.20. The van der Waals surface area contributed by atoms with Crippen LogP contribution >= 0.6 is 11.3 Å². The first-order valence-electron chi connectivity index (χ1n) is 11.1. The number of anilines is 2. The fourth-order valence-electron chi connectivity index (χ4n) is 4.30. The molecule has 3 heterocycles. The molecule has 0 saturated carbocycles. The molecule has 1 aliphatic heterocycles. The maximum atomic E-state index is 13.3. The smallest absolute Gasteiger partial charge is 0.265 e. The lowest BCUT2D eigenvalue weighted by atomic mass is 10.1. The molecular formula is C25H24FN5O2S. The second-order valence-corrected chi connectivity index (χ2v) is 9.47. The maximum Gasteiger partial charge on any atom is 0.265 e. The van der Waals surface area contributed by atoms with Crippen molar-refractivity contribution in [3.63, 3.8) is 0 Å². The fourth-order valence-corrected chi connectivity index (χ4v) is 5.36. The van der Waals surface area contributed by atoms with Gasteiger partial charge in [-0.15, -0.1) is 11.3 Å². The largest absolute Gasteiger partial charge is 0.370 e. The van der Waals surface area contributed by atoms with Crippen molar-refractivity contribution in [1.82, 2.24) is 9.78 Å². The van der Waals surface area contributed by atoms with Crippen molar-refractivity contribution in [2.75, 3.05) is 23.3 Å². The number of aromatic nitrogens is 2. The Hall–Kier alpha value is -3.72. The van der Waals surface area contributed by atoms with Crippen LogP contribution in [0.1, 0.15) is 44.1 Å². The molecule has 1 fully saturated rings. The normalized spacial score (nSPS) is 13.5. The molecule has 4 aromatic rings. The molecular weight excluding hydrogens is 453 g/mol. The van der Waals surface area contributed by atoms with E-state index < -0.39 is 5.91 Å². The Balaban J connectivity index is 1.44. The van der Waals surface area contributed by atoms with Gasteiger partial charge in [-0.3, -0.25) is 14.3 Å². The summed E-state index contributed by atoms with van der Waals surface area (Å²) in [4.78, 5) is 28.6. The molecule has 174 valence electrons. The van der Waals surface area contributed by atoms with E-state index in [-0.39, 0.29) is 11.7 Å². The molecule has 0 unspecified atom stereocenters. The van der Waals surface area contributed by atoms with Crippen LogP contribution in [-0.2, 0) is 6.54 Å². The second kappa shape index (κ2) is 8.90. The Morgan fingerprint density at radius 1 is 1.12 bits per heavy atom. The van der Waals surface area contributed by atoms with Crippen LogP contribution in [0.25, 0.3) is 10.2 Å². The lowest BCUT2D eigenvalue weighted by Crippen LogP contribution is -2.22. The summed E-state index contributed by atoms with van der Waals surface area (Å²) in [6.07, 6.45) is 2.18. The average Bonchev–Trinajstić information content (AvgIpc) is 3.55. The van der Waals surface area contributed by atoms with Crippen LogP contribution < -0.4 is 16.0 Å². The number of halogens is 1. The van der Waals surface area contributed by atoms with Crippen molar-refractivity contribution >= 4 is 44.7 Å². The Morgan fingerprint density at radius 2 is 1.85 bits per heavy atom. The summed E-state index contributed by atoms with van der Waals surface area (Å²) in [5.41, 5.74) is 9.02. The van der Waals surface area contributed by atoms with Crippen LogP contribution in [0, 0.1) is 12.7 Å². The third-order valence-corrected chi connectivity index (χ3v) is 7.20. The summed E-state index contributed by atoms with van der Waals surface area (Å²) in [5.74, 6) is -1.08. The van der Waals surface area contributed by atoms with Crippen LogP contribution in [0.4, 0.5) is 15.8 Å². The predicted molar refractivity (Wildman–Crippen MR) is 132 cm³/mol. The number of thiophene rings is 1. The number of nitrogens with one attached hydrogen (secondary N) is 1. The Bertz CT molecular complexity index is 1390. The minimum Gasteiger partial charge on any atom is -0.370 e. The van der Waals surface area contributed by atoms with Crippen molar-refractivity contribution < 1.29 is 14.0 Å². The number of aryl methyl sites for hydroxylation is 1. The number of amides is 2. The zero-order valence-electron chi connectivity index (χ0n) is 18.7. The first kappa shape index (κ1) is 22.1. The molecule has 0 aliphatic carbocycles. The van der Waals surface area contributed by atoms with Gasteiger partial charge in [0.1, 0.15) is 10.6 Å². The highest BCUT2D eigenvalue weighted by Gasteiger charge is 2.21. The monoisotopic (exact) mass is 477 g/mol. The van der Waals surface area contributed by atoms with Crippen molar-refractivity contribution in [2.45, 2.75) is 26.3 Å². The van der Waals surface area contributed by atoms with Gasteiger partial charge in [0.25, 0.3) is 5.91 Å². The molecule has 1 aliphatic rings. The molecule has 7 nitrogen and oxygen atoms in total. The third-order valence-electron chi connectivity index (χ3n) is 6.05. The molecule has 0 atom stereocenters. The van der Waals surface area contributed by atoms with E-state index in [2.05, 4.69) is 15.3 Å². The summed E-state index contributed by atoms with van der Waals surface area (Å²) in [7, 11) is 0. The summed E-state index contributed by atoms with van der Waals surface area (Å²) in [6, 6.07) is 13.3. The van der Waals surface area contributed by atoms with E-state index in [1.165, 1.54) is 23.5 Å². The molecule has 1 saturated heterocycles. The second-order valence-electron chi connectivity index (χ2n) is 8.44. The van der Waals surface area contributed by atoms with Gasteiger partial charge in [0.05, 0.1) is 28.5 Å². The van der Waals surface area contributed by atoms with Crippen molar-refractivity contribution in [1.29, 1.82) is 0 Å². The van der Waals surface area contributed by atoms with Gasteiger partial charge in [-0.05, 0) is 61.7 Å². The molecule has 34 heavy (non-hydrogen) atoms. The number of fused-ring (bicyclic) bond motifs is 1. The molecule has 2 aromatic carbocycles. The van der Waals surface area contributed by atoms with Gasteiger partial charge in [-0.25, -0.2) is 4.39 Å². The minimum atomic E-state index is -0.540. The van der Waals surface area contributed by atoms with Gasteiger partial charge in [-0.2, -0.15) is 5.10 Å². The fraction of sp³-hybridized carbons (Fsp3) is 0.240. The van der Waals surface area contributed by atoms with Crippen LogP contribution in [0.2, 0.25) is 0 Å². The van der Waals surface area contributed by atoms with Crippen LogP contribution in [0.15, 0.2) is 48.5 Å². The molecule has 0 bridgehead atoms. The minimum absolute atomic E-state index is 0.254. The lowest BCUT2D eigenvalue weighted by Gasteiger charge is -2.22. The number of carbonyl (C=O) groups excluding carboxylic acids is 2. The summed E-state index contributed by atoms with van der Waals surface area (Å²) >= 11 is 1.35. The molecule has 5 rings (SSSR count). The van der Waals surface area contributed by atoms with Crippen molar-refractivity contribution in [3.05, 3.63) is 76.0 Å². The zero-order chi connectivity index (χ0) is 23.8. The topological polar surface area (TPSA) is 93.2 Å². The van der Waals surface area contributed by atoms with Crippen LogP contribution in [0.3, 0.4) is 0 Å². The van der Waals surface area contributed by atoms with Gasteiger partial charge >= 0.3 is 0 Å². The quantitative estimate of drug-likeness (QED) is 0.426. The Labute approximate surface area is 200 Å². The first-order chi connectivity index (χ1) is 16.4. The molecule has 9 heteroatoms. The van der Waals surface area contributed by atoms with Gasteiger partial charge in [-0.1, -0.05) is 12.1 Å². The molecule has 3 N–H and O–H groups in total. The van der Waals surface area contributed by atoms with Gasteiger partial charge in [0.15, 0.2) is 0 Å². The van der Waals surface area contributed by atoms with E-state index in [1.807, 2.05) is 23.7 Å². The number of hydrogen-bond acceptors (Lipinski definition) is 5. The standard InChI is InChI=1S/C25H24FN5O2S/c1-15-19-13-22(34-25(19)31(29-15)14-16-4-7-18(26)8-5-16)24(33)28-20-12-17(23(27)32)6-9-21(20)30-10-2-3-11-30/h4-9,12-13H,2-3,10-11,14H2,1H3,(H2,27,32)(H,28,33). The number of benzene rings is 2. The van der Waals surface area contributed by atoms with E-state index in [0.717, 1.165) is 53.1 Å². The molecule has 2 amide bonds. The summed E-state index contributed by atoms with van der Waals surface area (Å²) < 4.78 is 15.1. The molecule has 0 spiro atoms. The zero-order valence-corrected chi connectivity index (χ0v) is 19.5. The highest BCUT2D eigenvalue weighted by atomic mass is 32.1. The van der Waals surface area contributed by atoms with E-state index >= 15 is 0 Å².